The molecule has 0 spiro atoms. The highest BCUT2D eigenvalue weighted by Gasteiger charge is 2.17. The number of H-pyrrole nitrogens is 1. The number of fused-ring (bicyclic) bond motifs is 3. The van der Waals surface area contributed by atoms with Gasteiger partial charge in [0.15, 0.2) is 0 Å². The largest absolute Gasteiger partial charge is 0.494 e. The van der Waals surface area contributed by atoms with E-state index in [1.807, 2.05) is 0 Å². The minimum Gasteiger partial charge on any atom is -0.494 e. The van der Waals surface area contributed by atoms with Crippen molar-refractivity contribution in [1.82, 2.24) is 4.98 Å². The lowest BCUT2D eigenvalue weighted by molar-refractivity contribution is 0.455. The first-order chi connectivity index (χ1) is 9.13. The third kappa shape index (κ3) is 1.42. The monoisotopic (exact) mass is 254 g/mol. The number of hydrogen-bond acceptors (Lipinski definition) is 5. The minimum atomic E-state index is -0.807. The number of aromatic hydroxyl groups is 1. The van der Waals surface area contributed by atoms with E-state index >= 15 is 0 Å². The second-order valence-corrected chi connectivity index (χ2v) is 3.93. The number of benzene rings is 1. The van der Waals surface area contributed by atoms with Gasteiger partial charge in [0.25, 0.3) is 5.56 Å². The quantitative estimate of drug-likeness (QED) is 0.463. The topological polar surface area (TPSA) is 107 Å². The number of aromatic nitrogens is 1. The number of hydrogen-bond donors (Lipinski definition) is 2. The zero-order valence-electron chi connectivity index (χ0n) is 9.43. The molecular weight excluding hydrogens is 248 g/mol. The summed E-state index contributed by atoms with van der Waals surface area (Å²) in [5.74, 6) is -0.599. The summed E-state index contributed by atoms with van der Waals surface area (Å²) in [6.07, 6.45) is 0. The Balaban J connectivity index is 2.82. The first-order valence-corrected chi connectivity index (χ1v) is 5.34. The second kappa shape index (κ2) is 3.71. The van der Waals surface area contributed by atoms with Gasteiger partial charge in [-0.1, -0.05) is 18.2 Å². The van der Waals surface area contributed by atoms with Gasteiger partial charge >= 0.3 is 5.63 Å². The van der Waals surface area contributed by atoms with Crippen LogP contribution >= 0.6 is 0 Å². The van der Waals surface area contributed by atoms with E-state index in [0.717, 1.165) is 0 Å². The summed E-state index contributed by atoms with van der Waals surface area (Å²) in [4.78, 5) is 25.6. The molecule has 3 rings (SSSR count). The summed E-state index contributed by atoms with van der Waals surface area (Å²) in [5, 5.41) is 19.1. The van der Waals surface area contributed by atoms with Crippen molar-refractivity contribution >= 4 is 21.7 Å². The maximum Gasteiger partial charge on any atom is 0.349 e. The van der Waals surface area contributed by atoms with Gasteiger partial charge in [-0.25, -0.2) is 4.79 Å². The number of para-hydroxylation sites is 1. The summed E-state index contributed by atoms with van der Waals surface area (Å²) in [5.41, 5.74) is -1.53. The van der Waals surface area contributed by atoms with E-state index in [2.05, 4.69) is 4.98 Å². The van der Waals surface area contributed by atoms with Crippen molar-refractivity contribution in [2.24, 2.45) is 0 Å². The van der Waals surface area contributed by atoms with Crippen molar-refractivity contribution < 1.29 is 9.52 Å². The Morgan fingerprint density at radius 1 is 1.21 bits per heavy atom. The van der Waals surface area contributed by atoms with Gasteiger partial charge in [-0.05, 0) is 6.07 Å². The Morgan fingerprint density at radius 2 is 1.95 bits per heavy atom. The fourth-order valence-corrected chi connectivity index (χ4v) is 2.08. The zero-order chi connectivity index (χ0) is 13.6. The van der Waals surface area contributed by atoms with Crippen LogP contribution in [0.1, 0.15) is 5.56 Å². The second-order valence-electron chi connectivity index (χ2n) is 3.93. The molecule has 19 heavy (non-hydrogen) atoms. The van der Waals surface area contributed by atoms with E-state index in [0.29, 0.717) is 5.39 Å². The average molecular weight is 254 g/mol. The van der Waals surface area contributed by atoms with E-state index < -0.39 is 17.1 Å². The summed E-state index contributed by atoms with van der Waals surface area (Å²) in [7, 11) is 0. The Morgan fingerprint density at radius 3 is 2.68 bits per heavy atom. The van der Waals surface area contributed by atoms with E-state index in [1.165, 1.54) is 0 Å². The molecule has 0 amide bonds. The summed E-state index contributed by atoms with van der Waals surface area (Å²) in [6, 6.07) is 8.26. The SMILES string of the molecule is N#Cc1c(=O)[nH]c(O)c2c(=O)oc3ccccc3c12. The molecule has 92 valence electrons. The van der Waals surface area contributed by atoms with E-state index in [1.54, 1.807) is 30.3 Å². The van der Waals surface area contributed by atoms with Crippen molar-refractivity contribution in [2.75, 3.05) is 0 Å². The van der Waals surface area contributed by atoms with E-state index in [9.17, 15) is 14.7 Å². The van der Waals surface area contributed by atoms with Gasteiger partial charge in [0, 0.05) is 10.8 Å². The third-order valence-corrected chi connectivity index (χ3v) is 2.87. The van der Waals surface area contributed by atoms with Crippen LogP contribution in [0.3, 0.4) is 0 Å². The van der Waals surface area contributed by atoms with Crippen molar-refractivity contribution in [1.29, 1.82) is 5.26 Å². The molecule has 2 heterocycles. The summed E-state index contributed by atoms with van der Waals surface area (Å²) < 4.78 is 5.05. The fraction of sp³-hybridized carbons (Fsp3) is 0. The molecule has 0 bridgehead atoms. The average Bonchev–Trinajstić information content (AvgIpc) is 2.38. The highest BCUT2D eigenvalue weighted by Crippen LogP contribution is 2.27. The maximum atomic E-state index is 11.8. The molecule has 0 saturated carbocycles. The first-order valence-electron chi connectivity index (χ1n) is 5.34. The first kappa shape index (κ1) is 11.0. The Labute approximate surface area is 105 Å². The molecule has 6 heteroatoms. The number of nitrogens with one attached hydrogen (secondary N) is 1. The lowest BCUT2D eigenvalue weighted by Gasteiger charge is -2.04. The van der Waals surface area contributed by atoms with Crippen LogP contribution in [0.4, 0.5) is 0 Å². The number of rotatable bonds is 0. The van der Waals surface area contributed by atoms with Gasteiger partial charge < -0.3 is 9.52 Å². The molecule has 0 saturated heterocycles. The van der Waals surface area contributed by atoms with Crippen molar-refractivity contribution in [3.8, 4) is 11.9 Å². The Hall–Kier alpha value is -3.07. The van der Waals surface area contributed by atoms with Gasteiger partial charge in [0.1, 0.15) is 22.6 Å². The molecule has 1 aromatic carbocycles. The molecule has 0 aliphatic carbocycles. The smallest absolute Gasteiger partial charge is 0.349 e. The normalized spacial score (nSPS) is 10.7. The standard InChI is InChI=1S/C13H6N2O4/c14-5-7-9-6-3-1-2-4-8(6)19-13(18)10(9)12(17)15-11(7)16/h1-4H,(H2,15,16,17). The number of pyridine rings is 1. The van der Waals surface area contributed by atoms with Crippen LogP contribution in [0.5, 0.6) is 5.88 Å². The third-order valence-electron chi connectivity index (χ3n) is 2.87. The Kier molecular flexibility index (Phi) is 2.16. The van der Waals surface area contributed by atoms with Crippen LogP contribution in [-0.2, 0) is 0 Å². The molecule has 0 radical (unpaired) electrons. The van der Waals surface area contributed by atoms with Crippen LogP contribution < -0.4 is 11.2 Å². The van der Waals surface area contributed by atoms with Gasteiger partial charge in [0.2, 0.25) is 5.88 Å². The highest BCUT2D eigenvalue weighted by atomic mass is 16.4. The summed E-state index contributed by atoms with van der Waals surface area (Å²) >= 11 is 0. The van der Waals surface area contributed by atoms with Gasteiger partial charge in [0.05, 0.1) is 0 Å². The molecule has 2 N–H and O–H groups in total. The van der Waals surface area contributed by atoms with E-state index in [-0.39, 0.29) is 21.9 Å². The fourth-order valence-electron chi connectivity index (χ4n) is 2.08. The number of nitriles is 1. The van der Waals surface area contributed by atoms with Crippen LogP contribution in [0, 0.1) is 11.3 Å². The van der Waals surface area contributed by atoms with Crippen LogP contribution in [0.15, 0.2) is 38.3 Å². The molecular formula is C13H6N2O4. The number of aromatic amines is 1. The molecule has 0 atom stereocenters. The Bertz CT molecular complexity index is 976. The molecule has 2 aromatic heterocycles. The predicted molar refractivity (Wildman–Crippen MR) is 67.0 cm³/mol. The van der Waals surface area contributed by atoms with Crippen LogP contribution in [0.2, 0.25) is 0 Å². The predicted octanol–water partition coefficient (Wildman–Crippen LogP) is 1.21. The van der Waals surface area contributed by atoms with Crippen molar-refractivity contribution in [2.45, 2.75) is 0 Å². The maximum absolute atomic E-state index is 11.8. The molecule has 0 unspecified atom stereocenters. The molecule has 0 fully saturated rings. The lowest BCUT2D eigenvalue weighted by Crippen LogP contribution is -2.14. The minimum absolute atomic E-state index is 0.107. The molecule has 3 aromatic rings. The summed E-state index contributed by atoms with van der Waals surface area (Å²) in [6.45, 7) is 0. The molecule has 6 nitrogen and oxygen atoms in total. The highest BCUT2D eigenvalue weighted by molar-refractivity contribution is 6.08. The van der Waals surface area contributed by atoms with Gasteiger partial charge in [-0.3, -0.25) is 9.78 Å². The van der Waals surface area contributed by atoms with Crippen molar-refractivity contribution in [3.05, 3.63) is 50.6 Å². The number of nitrogens with zero attached hydrogens (tertiary/aromatic N) is 1. The van der Waals surface area contributed by atoms with Gasteiger partial charge in [-0.15, -0.1) is 0 Å². The van der Waals surface area contributed by atoms with Crippen LogP contribution in [0.25, 0.3) is 21.7 Å². The molecule has 0 aliphatic rings. The lowest BCUT2D eigenvalue weighted by atomic mass is 10.0. The van der Waals surface area contributed by atoms with Gasteiger partial charge in [-0.2, -0.15) is 5.26 Å². The van der Waals surface area contributed by atoms with Crippen LogP contribution in [-0.4, -0.2) is 10.1 Å². The zero-order valence-corrected chi connectivity index (χ0v) is 9.43. The van der Waals surface area contributed by atoms with E-state index in [4.69, 9.17) is 9.68 Å². The van der Waals surface area contributed by atoms with Crippen molar-refractivity contribution in [3.63, 3.8) is 0 Å². The molecule has 0 aliphatic heterocycles.